The number of carbonyl (C=O) groups excluding carboxylic acids is 1. The smallest absolute Gasteiger partial charge is 0.269 e. The number of nitrogens with zero attached hydrogens (tertiary/aromatic N) is 3. The molecule has 10 heteroatoms. The van der Waals surface area contributed by atoms with Crippen molar-refractivity contribution >= 4 is 39.9 Å². The Bertz CT molecular complexity index is 1400. The van der Waals surface area contributed by atoms with Crippen LogP contribution in [0.25, 0.3) is 16.6 Å². The van der Waals surface area contributed by atoms with Crippen molar-refractivity contribution in [3.63, 3.8) is 0 Å². The number of para-hydroxylation sites is 1. The average molecular weight is 477 g/mol. The minimum absolute atomic E-state index is 0.0151. The average Bonchev–Trinajstić information content (AvgIpc) is 2.84. The number of carbonyl (C=O) groups is 1. The summed E-state index contributed by atoms with van der Waals surface area (Å²) in [5.74, 6) is 0.336. The number of aromatic nitrogens is 2. The summed E-state index contributed by atoms with van der Waals surface area (Å²) >= 11 is 1.12. The first kappa shape index (κ1) is 23.0. The van der Waals surface area contributed by atoms with E-state index < -0.39 is 4.92 Å². The Kier molecular flexibility index (Phi) is 6.88. The monoisotopic (exact) mass is 476 g/mol. The molecule has 1 heterocycles. The second-order valence-corrected chi connectivity index (χ2v) is 8.06. The molecule has 9 nitrogen and oxygen atoms in total. The first-order chi connectivity index (χ1) is 16.5. The van der Waals surface area contributed by atoms with Gasteiger partial charge in [0.2, 0.25) is 5.91 Å². The van der Waals surface area contributed by atoms with Crippen LogP contribution in [0.2, 0.25) is 0 Å². The van der Waals surface area contributed by atoms with E-state index in [2.05, 4.69) is 10.3 Å². The Labute approximate surface area is 198 Å². The Morgan fingerprint density at radius 2 is 1.79 bits per heavy atom. The van der Waals surface area contributed by atoms with Gasteiger partial charge in [0.15, 0.2) is 5.16 Å². The largest absolute Gasteiger partial charge is 0.494 e. The molecule has 34 heavy (non-hydrogen) atoms. The molecule has 3 aromatic carbocycles. The first-order valence-electron chi connectivity index (χ1n) is 10.4. The lowest BCUT2D eigenvalue weighted by molar-refractivity contribution is -0.384. The molecule has 0 atom stereocenters. The van der Waals surface area contributed by atoms with Crippen molar-refractivity contribution in [3.8, 4) is 11.4 Å². The fourth-order valence-corrected chi connectivity index (χ4v) is 4.10. The number of nitrogens with one attached hydrogen (secondary N) is 1. The van der Waals surface area contributed by atoms with Gasteiger partial charge in [0.25, 0.3) is 11.2 Å². The van der Waals surface area contributed by atoms with E-state index in [9.17, 15) is 19.7 Å². The van der Waals surface area contributed by atoms with Crippen LogP contribution in [0.3, 0.4) is 0 Å². The number of nitro groups is 1. The van der Waals surface area contributed by atoms with Gasteiger partial charge < -0.3 is 10.1 Å². The molecule has 0 fully saturated rings. The highest BCUT2D eigenvalue weighted by Crippen LogP contribution is 2.23. The highest BCUT2D eigenvalue weighted by atomic mass is 32.2. The van der Waals surface area contributed by atoms with Gasteiger partial charge in [-0.25, -0.2) is 4.98 Å². The van der Waals surface area contributed by atoms with Crippen LogP contribution in [0.15, 0.2) is 82.7 Å². The van der Waals surface area contributed by atoms with Crippen molar-refractivity contribution in [2.45, 2.75) is 12.1 Å². The normalized spacial score (nSPS) is 10.7. The zero-order valence-corrected chi connectivity index (χ0v) is 19.0. The lowest BCUT2D eigenvalue weighted by atomic mass is 10.2. The molecule has 0 saturated heterocycles. The summed E-state index contributed by atoms with van der Waals surface area (Å²) in [6, 6.07) is 19.7. The van der Waals surface area contributed by atoms with E-state index in [1.165, 1.54) is 28.8 Å². The molecule has 0 bridgehead atoms. The number of benzene rings is 3. The molecule has 0 radical (unpaired) electrons. The van der Waals surface area contributed by atoms with E-state index in [1.54, 1.807) is 48.5 Å². The maximum atomic E-state index is 13.3. The second kappa shape index (κ2) is 10.2. The molecule has 0 aliphatic heterocycles. The first-order valence-corrected chi connectivity index (χ1v) is 11.4. The molecule has 0 spiro atoms. The van der Waals surface area contributed by atoms with Crippen molar-refractivity contribution in [1.82, 2.24) is 9.55 Å². The Morgan fingerprint density at radius 3 is 2.47 bits per heavy atom. The van der Waals surface area contributed by atoms with Gasteiger partial charge in [0.1, 0.15) is 5.75 Å². The second-order valence-electron chi connectivity index (χ2n) is 7.12. The summed E-state index contributed by atoms with van der Waals surface area (Å²) in [5.41, 5.74) is 1.27. The number of nitro benzene ring substituents is 1. The molecule has 1 amide bonds. The summed E-state index contributed by atoms with van der Waals surface area (Å²) in [7, 11) is 0. The Morgan fingerprint density at radius 1 is 1.09 bits per heavy atom. The number of rotatable bonds is 8. The molecule has 4 aromatic rings. The molecular weight excluding hydrogens is 456 g/mol. The minimum Gasteiger partial charge on any atom is -0.494 e. The highest BCUT2D eigenvalue weighted by Gasteiger charge is 2.15. The topological polar surface area (TPSA) is 116 Å². The van der Waals surface area contributed by atoms with Gasteiger partial charge in [-0.2, -0.15) is 0 Å². The third kappa shape index (κ3) is 5.07. The van der Waals surface area contributed by atoms with Gasteiger partial charge in [-0.1, -0.05) is 23.9 Å². The van der Waals surface area contributed by atoms with Gasteiger partial charge >= 0.3 is 0 Å². The van der Waals surface area contributed by atoms with Crippen LogP contribution in [0, 0.1) is 10.1 Å². The maximum Gasteiger partial charge on any atom is 0.269 e. The molecule has 0 aliphatic carbocycles. The zero-order chi connectivity index (χ0) is 24.1. The number of anilines is 1. The fourth-order valence-electron chi connectivity index (χ4n) is 3.29. The van der Waals surface area contributed by atoms with Gasteiger partial charge in [0, 0.05) is 17.8 Å². The van der Waals surface area contributed by atoms with E-state index >= 15 is 0 Å². The van der Waals surface area contributed by atoms with Crippen molar-refractivity contribution in [1.29, 1.82) is 0 Å². The zero-order valence-electron chi connectivity index (χ0n) is 18.1. The molecular formula is C24H20N4O5S. The standard InChI is InChI=1S/C24H20N4O5S/c1-2-33-19-13-11-17(12-14-19)27-23(30)20-5-3-4-6-21(20)26-24(27)34-15-22(29)25-16-7-9-18(10-8-16)28(31)32/h3-14H,2,15H2,1H3,(H,25,29). The highest BCUT2D eigenvalue weighted by molar-refractivity contribution is 7.99. The van der Waals surface area contributed by atoms with E-state index in [0.29, 0.717) is 39.8 Å². The van der Waals surface area contributed by atoms with E-state index in [1.807, 2.05) is 6.92 Å². The third-order valence-corrected chi connectivity index (χ3v) is 5.78. The lowest BCUT2D eigenvalue weighted by Gasteiger charge is -2.14. The van der Waals surface area contributed by atoms with E-state index in [4.69, 9.17) is 4.74 Å². The molecule has 0 saturated carbocycles. The number of amides is 1. The minimum atomic E-state index is -0.507. The van der Waals surface area contributed by atoms with Crippen LogP contribution in [0.1, 0.15) is 6.92 Å². The van der Waals surface area contributed by atoms with Crippen LogP contribution >= 0.6 is 11.8 Å². The summed E-state index contributed by atoms with van der Waals surface area (Å²) in [6.45, 7) is 2.42. The maximum absolute atomic E-state index is 13.3. The van der Waals surface area contributed by atoms with Gasteiger partial charge in [-0.15, -0.1) is 0 Å². The summed E-state index contributed by atoms with van der Waals surface area (Å²) in [4.78, 5) is 40.7. The molecule has 1 aromatic heterocycles. The third-order valence-electron chi connectivity index (χ3n) is 4.85. The van der Waals surface area contributed by atoms with Gasteiger partial charge in [0.05, 0.1) is 33.9 Å². The molecule has 0 unspecified atom stereocenters. The SMILES string of the molecule is CCOc1ccc(-n2c(SCC(=O)Nc3ccc([N+](=O)[O-])cc3)nc3ccccc3c2=O)cc1. The summed E-state index contributed by atoms with van der Waals surface area (Å²) in [6.07, 6.45) is 0. The summed E-state index contributed by atoms with van der Waals surface area (Å²) in [5, 5.41) is 14.3. The number of hydrogen-bond acceptors (Lipinski definition) is 7. The van der Waals surface area contributed by atoms with Crippen molar-refractivity contribution in [2.75, 3.05) is 17.7 Å². The van der Waals surface area contributed by atoms with Crippen LogP contribution in [0.5, 0.6) is 5.75 Å². The number of hydrogen-bond donors (Lipinski definition) is 1. The lowest BCUT2D eigenvalue weighted by Crippen LogP contribution is -2.23. The van der Waals surface area contributed by atoms with E-state index in [0.717, 1.165) is 11.8 Å². The van der Waals surface area contributed by atoms with Crippen molar-refractivity contribution in [3.05, 3.63) is 93.3 Å². The summed E-state index contributed by atoms with van der Waals surface area (Å²) < 4.78 is 6.96. The predicted octanol–water partition coefficient (Wildman–Crippen LogP) is 4.42. The van der Waals surface area contributed by atoms with Crippen LogP contribution < -0.4 is 15.6 Å². The van der Waals surface area contributed by atoms with Crippen molar-refractivity contribution in [2.24, 2.45) is 0 Å². The van der Waals surface area contributed by atoms with Gasteiger partial charge in [-0.3, -0.25) is 24.3 Å². The molecule has 0 aliphatic rings. The number of fused-ring (bicyclic) bond motifs is 1. The van der Waals surface area contributed by atoms with Crippen molar-refractivity contribution < 1.29 is 14.5 Å². The number of ether oxygens (including phenoxy) is 1. The van der Waals surface area contributed by atoms with E-state index in [-0.39, 0.29) is 22.9 Å². The van der Waals surface area contributed by atoms with Crippen LogP contribution in [0.4, 0.5) is 11.4 Å². The number of non-ortho nitro benzene ring substituents is 1. The molecule has 1 N–H and O–H groups in total. The fraction of sp³-hybridized carbons (Fsp3) is 0.125. The van der Waals surface area contributed by atoms with Crippen LogP contribution in [-0.4, -0.2) is 32.7 Å². The molecule has 4 rings (SSSR count). The molecule has 172 valence electrons. The Balaban J connectivity index is 1.60. The Hall–Kier alpha value is -4.18. The van der Waals surface area contributed by atoms with Gasteiger partial charge in [-0.05, 0) is 55.5 Å². The van der Waals surface area contributed by atoms with Crippen LogP contribution in [-0.2, 0) is 4.79 Å². The predicted molar refractivity (Wildman–Crippen MR) is 131 cm³/mol. The number of thioether (sulfide) groups is 1. The quantitative estimate of drug-likeness (QED) is 0.173.